The van der Waals surface area contributed by atoms with Gasteiger partial charge in [0.25, 0.3) is 5.90 Å². The van der Waals surface area contributed by atoms with Gasteiger partial charge in [-0.15, -0.1) is 0 Å². The quantitative estimate of drug-likeness (QED) is 0.719. The number of aromatic nitrogens is 2. The molecule has 1 aliphatic heterocycles. The first-order valence-corrected chi connectivity index (χ1v) is 5.36. The molecule has 0 amide bonds. The molecule has 1 aromatic heterocycles. The van der Waals surface area contributed by atoms with Crippen LogP contribution >= 0.6 is 0 Å². The van der Waals surface area contributed by atoms with Crippen LogP contribution in [0, 0.1) is 0 Å². The molecule has 7 heteroatoms. The van der Waals surface area contributed by atoms with Gasteiger partial charge in [-0.3, -0.25) is 4.98 Å². The Morgan fingerprint density at radius 3 is 2.72 bits per heavy atom. The van der Waals surface area contributed by atoms with Gasteiger partial charge in [-0.2, -0.15) is 0 Å². The minimum Gasteiger partial charge on any atom is -0.590 e. The Bertz CT molecular complexity index is 619. The summed E-state index contributed by atoms with van der Waals surface area (Å²) in [6.45, 7) is 0. The summed E-state index contributed by atoms with van der Waals surface area (Å²) in [4.78, 5) is 7.83. The first-order chi connectivity index (χ1) is 8.67. The Labute approximate surface area is 102 Å². The maximum Gasteiger partial charge on any atom is 0.736 e. The van der Waals surface area contributed by atoms with Gasteiger partial charge in [-0.25, -0.2) is 0 Å². The van der Waals surface area contributed by atoms with E-state index in [-0.39, 0.29) is 11.7 Å². The van der Waals surface area contributed by atoms with Crippen LogP contribution in [0.25, 0.3) is 0 Å². The highest BCUT2D eigenvalue weighted by Gasteiger charge is 2.46. The molecule has 1 aliphatic rings. The number of halogens is 2. The summed E-state index contributed by atoms with van der Waals surface area (Å²) in [5.41, 5.74) is 0.508. The van der Waals surface area contributed by atoms with Crippen LogP contribution in [0.3, 0.4) is 0 Å². The Hall–Kier alpha value is -2.31. The van der Waals surface area contributed by atoms with Crippen LogP contribution in [0.1, 0.15) is 5.56 Å². The number of nitrogens with zero attached hydrogens (tertiary/aromatic N) is 3. The number of benzene rings is 1. The maximum absolute atomic E-state index is 13.8. The average molecular weight is 247 g/mol. The minimum atomic E-state index is -4.16. The van der Waals surface area contributed by atoms with E-state index in [0.717, 1.165) is 6.20 Å². The van der Waals surface area contributed by atoms with Crippen LogP contribution in [0.4, 0.5) is 14.4 Å². The van der Waals surface area contributed by atoms with Crippen molar-refractivity contribution in [2.24, 2.45) is 4.99 Å². The molecule has 2 aromatic rings. The first kappa shape index (κ1) is 10.8. The van der Waals surface area contributed by atoms with E-state index >= 15 is 0 Å². The lowest BCUT2D eigenvalue weighted by atomic mass is 10.0. The number of aliphatic imine (C=N–C) groups is 1. The normalized spacial score (nSPS) is 16.4. The standard InChI is InChI=1S/C11H8BF2N3O/c13-12(14)17-7-6-15-8-10(17)16-11(18-12)9-4-2-1-3-5-9/h1-8H. The molecule has 0 aliphatic carbocycles. The predicted molar refractivity (Wildman–Crippen MR) is 61.5 cm³/mol. The fourth-order valence-electron chi connectivity index (χ4n) is 1.74. The molecular weight excluding hydrogens is 239 g/mol. The molecule has 2 heterocycles. The van der Waals surface area contributed by atoms with Gasteiger partial charge in [0.15, 0.2) is 0 Å². The SMILES string of the molecule is F[B-]1(F)OC(c2ccccc2)=Nc2cncc[n+]21. The summed E-state index contributed by atoms with van der Waals surface area (Å²) in [6, 6.07) is 8.59. The van der Waals surface area contributed by atoms with E-state index in [4.69, 9.17) is 4.65 Å². The minimum absolute atomic E-state index is 0.0765. The molecule has 90 valence electrons. The predicted octanol–water partition coefficient (Wildman–Crippen LogP) is 1.70. The molecule has 0 atom stereocenters. The summed E-state index contributed by atoms with van der Waals surface area (Å²) in [5, 5.41) is 0. The second-order valence-electron chi connectivity index (χ2n) is 3.80. The summed E-state index contributed by atoms with van der Waals surface area (Å²) < 4.78 is 33.0. The third-order valence-corrected chi connectivity index (χ3v) is 2.58. The third kappa shape index (κ3) is 1.73. The molecule has 4 nitrogen and oxygen atoms in total. The molecule has 0 radical (unpaired) electrons. The molecule has 0 unspecified atom stereocenters. The molecule has 0 saturated heterocycles. The Balaban J connectivity index is 2.14. The van der Waals surface area contributed by atoms with Crippen molar-refractivity contribution in [2.45, 2.75) is 0 Å². The van der Waals surface area contributed by atoms with Crippen molar-refractivity contribution in [3.8, 4) is 0 Å². The Morgan fingerprint density at radius 1 is 1.17 bits per heavy atom. The lowest BCUT2D eigenvalue weighted by molar-refractivity contribution is -0.568. The monoisotopic (exact) mass is 247 g/mol. The van der Waals surface area contributed by atoms with E-state index in [0.29, 0.717) is 10.0 Å². The van der Waals surface area contributed by atoms with E-state index < -0.39 is 7.04 Å². The fraction of sp³-hybridized carbons (Fsp3) is 0. The van der Waals surface area contributed by atoms with Crippen molar-refractivity contribution in [1.82, 2.24) is 4.98 Å². The Kier molecular flexibility index (Phi) is 2.33. The van der Waals surface area contributed by atoms with Crippen LogP contribution < -0.4 is 4.48 Å². The topological polar surface area (TPSA) is 38.4 Å². The smallest absolute Gasteiger partial charge is 0.590 e. The van der Waals surface area contributed by atoms with E-state index in [2.05, 4.69) is 9.98 Å². The van der Waals surface area contributed by atoms with Gasteiger partial charge in [-0.05, 0) is 17.1 Å². The van der Waals surface area contributed by atoms with Crippen molar-refractivity contribution < 1.29 is 17.8 Å². The molecule has 0 spiro atoms. The van der Waals surface area contributed by atoms with Crippen LogP contribution in [0.2, 0.25) is 0 Å². The summed E-state index contributed by atoms with van der Waals surface area (Å²) in [7, 11) is -4.16. The molecule has 0 bridgehead atoms. The second-order valence-corrected chi connectivity index (χ2v) is 3.80. The van der Waals surface area contributed by atoms with Crippen LogP contribution in [0.15, 0.2) is 53.9 Å². The highest BCUT2D eigenvalue weighted by Crippen LogP contribution is 2.20. The van der Waals surface area contributed by atoms with Crippen LogP contribution in [0.5, 0.6) is 0 Å². The number of hydrogen-bond donors (Lipinski definition) is 0. The molecule has 1 aromatic carbocycles. The second kappa shape index (κ2) is 3.87. The maximum atomic E-state index is 13.8. The number of rotatable bonds is 1. The summed E-state index contributed by atoms with van der Waals surface area (Å²) in [5.74, 6) is -0.0128. The number of fused-ring (bicyclic) bond motifs is 1. The van der Waals surface area contributed by atoms with Gasteiger partial charge in [0.2, 0.25) is 0 Å². The van der Waals surface area contributed by atoms with E-state index in [1.807, 2.05) is 0 Å². The molecular formula is C11H8BF2N3O. The van der Waals surface area contributed by atoms with E-state index in [1.54, 1.807) is 30.3 Å². The fourth-order valence-corrected chi connectivity index (χ4v) is 1.74. The lowest BCUT2D eigenvalue weighted by Gasteiger charge is -2.26. The zero-order valence-electron chi connectivity index (χ0n) is 9.20. The molecule has 18 heavy (non-hydrogen) atoms. The van der Waals surface area contributed by atoms with Crippen molar-refractivity contribution in [1.29, 1.82) is 0 Å². The van der Waals surface area contributed by atoms with Crippen molar-refractivity contribution in [2.75, 3.05) is 0 Å². The average Bonchev–Trinajstić information content (AvgIpc) is 2.39. The number of hydrogen-bond acceptors (Lipinski definition) is 3. The molecule has 0 N–H and O–H groups in total. The van der Waals surface area contributed by atoms with E-state index in [1.165, 1.54) is 12.4 Å². The third-order valence-electron chi connectivity index (χ3n) is 2.58. The van der Waals surface area contributed by atoms with Crippen molar-refractivity contribution in [3.63, 3.8) is 0 Å². The van der Waals surface area contributed by atoms with Crippen LogP contribution in [-0.4, -0.2) is 17.9 Å². The molecule has 0 saturated carbocycles. The van der Waals surface area contributed by atoms with Crippen molar-refractivity contribution >= 4 is 18.8 Å². The summed E-state index contributed by atoms with van der Waals surface area (Å²) >= 11 is 0. The zero-order valence-corrected chi connectivity index (χ0v) is 9.20. The van der Waals surface area contributed by atoms with Gasteiger partial charge in [0.05, 0.1) is 18.0 Å². The van der Waals surface area contributed by atoms with Gasteiger partial charge in [0.1, 0.15) is 6.20 Å². The molecule has 0 fully saturated rings. The van der Waals surface area contributed by atoms with Gasteiger partial charge < -0.3 is 17.8 Å². The Morgan fingerprint density at radius 2 is 1.94 bits per heavy atom. The largest absolute Gasteiger partial charge is 0.736 e. The molecule has 3 rings (SSSR count). The van der Waals surface area contributed by atoms with Crippen molar-refractivity contribution in [3.05, 3.63) is 54.5 Å². The van der Waals surface area contributed by atoms with Crippen LogP contribution in [-0.2, 0) is 4.65 Å². The highest BCUT2D eigenvalue weighted by atomic mass is 19.3. The highest BCUT2D eigenvalue weighted by molar-refractivity contribution is 6.53. The summed E-state index contributed by atoms with van der Waals surface area (Å²) in [6.07, 6.45) is 3.70. The zero-order chi connectivity index (χ0) is 12.6. The first-order valence-electron chi connectivity index (χ1n) is 5.36. The lowest BCUT2D eigenvalue weighted by Crippen LogP contribution is -2.63. The van der Waals surface area contributed by atoms with Gasteiger partial charge in [0, 0.05) is 0 Å². The van der Waals surface area contributed by atoms with E-state index in [9.17, 15) is 8.63 Å². The van der Waals surface area contributed by atoms with Gasteiger partial charge >= 0.3 is 12.9 Å². The van der Waals surface area contributed by atoms with Gasteiger partial charge in [-0.1, -0.05) is 18.2 Å².